The fourth-order valence-corrected chi connectivity index (χ4v) is 3.72. The number of aromatic nitrogens is 2. The van der Waals surface area contributed by atoms with Gasteiger partial charge in [0.05, 0.1) is 18.7 Å². The summed E-state index contributed by atoms with van der Waals surface area (Å²) in [4.78, 5) is 15.9. The van der Waals surface area contributed by atoms with Crippen molar-refractivity contribution in [2.45, 2.75) is 38.0 Å². The lowest BCUT2D eigenvalue weighted by molar-refractivity contribution is -0.141. The van der Waals surface area contributed by atoms with Gasteiger partial charge in [0.1, 0.15) is 6.17 Å². The number of carbonyl (C=O) groups is 1. The fourth-order valence-electron chi connectivity index (χ4n) is 3.72. The normalized spacial score (nSPS) is 28.0. The molecule has 6 nitrogen and oxygen atoms in total. The molecular formula is C17H27FN4O2. The van der Waals surface area contributed by atoms with Gasteiger partial charge in [0.2, 0.25) is 0 Å². The van der Waals surface area contributed by atoms with Crippen molar-refractivity contribution in [1.29, 1.82) is 0 Å². The highest BCUT2D eigenvalue weighted by molar-refractivity contribution is 5.74. The molecule has 0 bridgehead atoms. The summed E-state index contributed by atoms with van der Waals surface area (Å²) in [5, 5.41) is 4.19. The number of carbonyl (C=O) groups excluding carboxylic acids is 1. The van der Waals surface area contributed by atoms with Crippen molar-refractivity contribution < 1.29 is 13.9 Å². The van der Waals surface area contributed by atoms with Gasteiger partial charge in [-0.2, -0.15) is 5.10 Å². The minimum absolute atomic E-state index is 0.0384. The molecule has 0 aromatic carbocycles. The molecule has 2 aliphatic rings. The predicted octanol–water partition coefficient (Wildman–Crippen LogP) is 1.22. The fraction of sp³-hybridized carbons (Fsp3) is 0.765. The second-order valence-electron chi connectivity index (χ2n) is 7.14. The maximum Gasteiger partial charge on any atom is 0.309 e. The van der Waals surface area contributed by atoms with Gasteiger partial charge in [0.15, 0.2) is 0 Å². The molecule has 3 rings (SSSR count). The zero-order valence-corrected chi connectivity index (χ0v) is 14.5. The van der Waals surface area contributed by atoms with Gasteiger partial charge >= 0.3 is 5.97 Å². The highest BCUT2D eigenvalue weighted by Gasteiger charge is 2.33. The first-order valence-electron chi connectivity index (χ1n) is 8.72. The molecule has 0 amide bonds. The zero-order chi connectivity index (χ0) is 17.1. The van der Waals surface area contributed by atoms with Gasteiger partial charge in [-0.1, -0.05) is 0 Å². The smallest absolute Gasteiger partial charge is 0.309 e. The van der Waals surface area contributed by atoms with Gasteiger partial charge in [-0.25, -0.2) is 4.39 Å². The Morgan fingerprint density at radius 1 is 1.50 bits per heavy atom. The van der Waals surface area contributed by atoms with Crippen LogP contribution in [0.2, 0.25) is 0 Å². The Morgan fingerprint density at radius 3 is 3.00 bits per heavy atom. The molecule has 1 aromatic heterocycles. The second kappa shape index (κ2) is 7.61. The molecule has 0 saturated carbocycles. The molecule has 134 valence electrons. The van der Waals surface area contributed by atoms with Gasteiger partial charge in [-0.05, 0) is 32.9 Å². The Labute approximate surface area is 142 Å². The molecule has 3 heterocycles. The van der Waals surface area contributed by atoms with E-state index in [1.165, 1.54) is 0 Å². The molecule has 2 aliphatic heterocycles. The number of likely N-dealkylation sites (N-methyl/N-ethyl adjacent to an activating group) is 1. The van der Waals surface area contributed by atoms with Crippen LogP contribution in [0.5, 0.6) is 0 Å². The Bertz CT molecular complexity index is 565. The summed E-state index contributed by atoms with van der Waals surface area (Å²) in [6.07, 6.45) is 5.30. The van der Waals surface area contributed by atoms with Gasteiger partial charge < -0.3 is 9.64 Å². The van der Waals surface area contributed by atoms with Gasteiger partial charge in [-0.3, -0.25) is 14.4 Å². The summed E-state index contributed by atoms with van der Waals surface area (Å²) in [7, 11) is 3.94. The van der Waals surface area contributed by atoms with E-state index >= 15 is 0 Å². The van der Waals surface area contributed by atoms with Crippen LogP contribution in [0.3, 0.4) is 0 Å². The first kappa shape index (κ1) is 17.4. The van der Waals surface area contributed by atoms with E-state index in [0.717, 1.165) is 38.0 Å². The average Bonchev–Trinajstić information content (AvgIpc) is 3.20. The van der Waals surface area contributed by atoms with Crippen molar-refractivity contribution in [3.63, 3.8) is 0 Å². The summed E-state index contributed by atoms with van der Waals surface area (Å²) in [5.41, 5.74) is 1.12. The second-order valence-corrected chi connectivity index (χ2v) is 7.14. The van der Waals surface area contributed by atoms with E-state index in [1.807, 2.05) is 26.5 Å². The van der Waals surface area contributed by atoms with Crippen molar-refractivity contribution in [3.8, 4) is 0 Å². The van der Waals surface area contributed by atoms with Crippen LogP contribution in [0.1, 0.15) is 24.8 Å². The number of hydrogen-bond donors (Lipinski definition) is 0. The van der Waals surface area contributed by atoms with E-state index in [0.29, 0.717) is 19.6 Å². The molecule has 0 spiro atoms. The Kier molecular flexibility index (Phi) is 5.50. The van der Waals surface area contributed by atoms with Crippen LogP contribution in [-0.4, -0.2) is 71.1 Å². The topological polar surface area (TPSA) is 50.6 Å². The molecule has 0 N–H and O–H groups in total. The van der Waals surface area contributed by atoms with Crippen molar-refractivity contribution in [2.24, 2.45) is 13.0 Å². The third-order valence-electron chi connectivity index (χ3n) is 5.05. The first-order chi connectivity index (χ1) is 11.5. The lowest BCUT2D eigenvalue weighted by atomic mass is 10.0. The van der Waals surface area contributed by atoms with Crippen LogP contribution in [0.15, 0.2) is 12.4 Å². The molecule has 0 unspecified atom stereocenters. The largest absolute Gasteiger partial charge is 0.465 e. The zero-order valence-electron chi connectivity index (χ0n) is 14.5. The summed E-state index contributed by atoms with van der Waals surface area (Å²) >= 11 is 0. The van der Waals surface area contributed by atoms with E-state index < -0.39 is 6.17 Å². The minimum Gasteiger partial charge on any atom is -0.465 e. The van der Waals surface area contributed by atoms with Crippen LogP contribution in [0, 0.1) is 5.92 Å². The molecule has 24 heavy (non-hydrogen) atoms. The Morgan fingerprint density at radius 2 is 2.33 bits per heavy atom. The standard InChI is InChI=1S/C17H27FN4O2/c1-20(5-3-14-4-6-24-17(14)23)12-16-7-15(18)11-22(16)10-13-8-19-21(2)9-13/h8-9,14-16H,3-7,10-12H2,1-2H3/t14-,15+,16+/m1/s1. The number of alkyl halides is 1. The summed E-state index contributed by atoms with van der Waals surface area (Å²) < 4.78 is 20.7. The predicted molar refractivity (Wildman–Crippen MR) is 88.1 cm³/mol. The number of nitrogens with zero attached hydrogens (tertiary/aromatic N) is 4. The van der Waals surface area contributed by atoms with Gasteiger partial charge in [0.25, 0.3) is 0 Å². The van der Waals surface area contributed by atoms with Crippen molar-refractivity contribution in [3.05, 3.63) is 18.0 Å². The SMILES string of the molecule is CN(CC[C@@H]1CCOC1=O)C[C@@H]1C[C@H](F)CN1Cc1cnn(C)c1. The van der Waals surface area contributed by atoms with Crippen LogP contribution >= 0.6 is 0 Å². The molecular weight excluding hydrogens is 311 g/mol. The van der Waals surface area contributed by atoms with Crippen LogP contribution < -0.4 is 0 Å². The van der Waals surface area contributed by atoms with Gasteiger partial charge in [0, 0.05) is 44.5 Å². The van der Waals surface area contributed by atoms with Crippen molar-refractivity contribution in [2.75, 3.05) is 33.3 Å². The third-order valence-corrected chi connectivity index (χ3v) is 5.05. The van der Waals surface area contributed by atoms with Crippen LogP contribution in [0.25, 0.3) is 0 Å². The van der Waals surface area contributed by atoms with E-state index in [4.69, 9.17) is 4.74 Å². The number of halogens is 1. The molecule has 7 heteroatoms. The quantitative estimate of drug-likeness (QED) is 0.700. The monoisotopic (exact) mass is 338 g/mol. The Balaban J connectivity index is 1.49. The molecule has 3 atom stereocenters. The minimum atomic E-state index is -0.759. The highest BCUT2D eigenvalue weighted by atomic mass is 19.1. The Hall–Kier alpha value is -1.47. The summed E-state index contributed by atoms with van der Waals surface area (Å²) in [6.45, 7) is 3.44. The van der Waals surface area contributed by atoms with Crippen molar-refractivity contribution >= 4 is 5.97 Å². The van der Waals surface area contributed by atoms with E-state index in [2.05, 4.69) is 14.9 Å². The number of hydrogen-bond acceptors (Lipinski definition) is 5. The highest BCUT2D eigenvalue weighted by Crippen LogP contribution is 2.24. The lowest BCUT2D eigenvalue weighted by Crippen LogP contribution is -2.39. The molecule has 1 aromatic rings. The number of likely N-dealkylation sites (tertiary alicyclic amines) is 1. The van der Waals surface area contributed by atoms with E-state index in [1.54, 1.807) is 4.68 Å². The first-order valence-corrected chi connectivity index (χ1v) is 8.72. The van der Waals surface area contributed by atoms with Crippen LogP contribution in [0.4, 0.5) is 4.39 Å². The average molecular weight is 338 g/mol. The number of cyclic esters (lactones) is 1. The number of ether oxygens (including phenoxy) is 1. The maximum absolute atomic E-state index is 13.9. The summed E-state index contributed by atoms with van der Waals surface area (Å²) in [5.74, 6) is -0.0252. The molecule has 2 fully saturated rings. The summed E-state index contributed by atoms with van der Waals surface area (Å²) in [6, 6.07) is 0.209. The lowest BCUT2D eigenvalue weighted by Gasteiger charge is -2.28. The van der Waals surface area contributed by atoms with Gasteiger partial charge in [-0.15, -0.1) is 0 Å². The van der Waals surface area contributed by atoms with E-state index in [9.17, 15) is 9.18 Å². The number of aryl methyl sites for hydroxylation is 1. The van der Waals surface area contributed by atoms with Crippen molar-refractivity contribution in [1.82, 2.24) is 19.6 Å². The van der Waals surface area contributed by atoms with E-state index in [-0.39, 0.29) is 17.9 Å². The maximum atomic E-state index is 13.9. The number of rotatable bonds is 7. The number of esters is 1. The third kappa shape index (κ3) is 4.33. The molecule has 0 aliphatic carbocycles. The van der Waals surface area contributed by atoms with Crippen LogP contribution in [-0.2, 0) is 23.1 Å². The molecule has 0 radical (unpaired) electrons. The molecule has 2 saturated heterocycles.